The Balaban J connectivity index is 2.25. The first-order chi connectivity index (χ1) is 7.70. The maximum atomic E-state index is 5.94. The van der Waals surface area contributed by atoms with Crippen LogP contribution in [0.1, 0.15) is 5.56 Å². The highest BCUT2D eigenvalue weighted by atomic mass is 35.5. The van der Waals surface area contributed by atoms with Gasteiger partial charge in [-0.05, 0) is 12.1 Å². The summed E-state index contributed by atoms with van der Waals surface area (Å²) in [5, 5.41) is 0.667. The molecule has 0 N–H and O–H groups in total. The highest BCUT2D eigenvalue weighted by Gasteiger charge is 2.42. The van der Waals surface area contributed by atoms with Gasteiger partial charge in [0.15, 0.2) is 0 Å². The lowest BCUT2D eigenvalue weighted by Crippen LogP contribution is -2.30. The van der Waals surface area contributed by atoms with E-state index in [9.17, 15) is 0 Å². The molecule has 0 spiro atoms. The van der Waals surface area contributed by atoms with Gasteiger partial charge in [0, 0.05) is 10.6 Å². The van der Waals surface area contributed by atoms with Crippen LogP contribution in [0.25, 0.3) is 0 Å². The van der Waals surface area contributed by atoms with Gasteiger partial charge in [0.25, 0.3) is 0 Å². The minimum absolute atomic E-state index is 0.115. The zero-order chi connectivity index (χ0) is 11.6. The number of halogens is 3. The highest BCUT2D eigenvalue weighted by molar-refractivity contribution is 6.30. The highest BCUT2D eigenvalue weighted by Crippen LogP contribution is 2.36. The lowest BCUT2D eigenvalue weighted by Gasteiger charge is -2.26. The molecule has 16 heavy (non-hydrogen) atoms. The van der Waals surface area contributed by atoms with Crippen molar-refractivity contribution in [2.24, 2.45) is 0 Å². The first kappa shape index (κ1) is 12.5. The molecule has 1 heterocycles. The Labute approximate surface area is 109 Å². The average Bonchev–Trinajstić information content (AvgIpc) is 2.75. The zero-order valence-corrected chi connectivity index (χ0v) is 10.7. The Morgan fingerprint density at radius 3 is 2.44 bits per heavy atom. The third kappa shape index (κ3) is 2.31. The predicted molar refractivity (Wildman–Crippen MR) is 65.4 cm³/mol. The van der Waals surface area contributed by atoms with Crippen LogP contribution in [0.5, 0.6) is 0 Å². The summed E-state index contributed by atoms with van der Waals surface area (Å²) in [6.45, 7) is 0.457. The second kappa shape index (κ2) is 5.11. The van der Waals surface area contributed by atoms with Crippen LogP contribution in [-0.2, 0) is 15.3 Å². The number of hydrogen-bond donors (Lipinski definition) is 0. The van der Waals surface area contributed by atoms with Crippen molar-refractivity contribution in [2.45, 2.75) is 11.9 Å². The van der Waals surface area contributed by atoms with E-state index in [1.54, 1.807) is 12.1 Å². The molecule has 0 unspecified atom stereocenters. The number of rotatable bonds is 3. The average molecular weight is 282 g/mol. The van der Waals surface area contributed by atoms with E-state index in [-0.39, 0.29) is 12.0 Å². The zero-order valence-electron chi connectivity index (χ0n) is 8.46. The van der Waals surface area contributed by atoms with Crippen LogP contribution in [0.15, 0.2) is 24.3 Å². The van der Waals surface area contributed by atoms with Crippen molar-refractivity contribution in [3.05, 3.63) is 34.9 Å². The molecule has 2 rings (SSSR count). The van der Waals surface area contributed by atoms with Crippen molar-refractivity contribution in [3.63, 3.8) is 0 Å². The van der Waals surface area contributed by atoms with Crippen molar-refractivity contribution in [3.8, 4) is 0 Å². The van der Waals surface area contributed by atoms with Gasteiger partial charge in [-0.2, -0.15) is 0 Å². The third-order valence-corrected chi connectivity index (χ3v) is 3.44. The van der Waals surface area contributed by atoms with E-state index in [0.717, 1.165) is 5.56 Å². The molecule has 0 bridgehead atoms. The normalized spacial score (nSPS) is 29.6. The summed E-state index contributed by atoms with van der Waals surface area (Å²) in [6, 6.07) is 7.26. The molecule has 1 aliphatic heterocycles. The lowest BCUT2D eigenvalue weighted by atomic mass is 10.1. The first-order valence-electron chi connectivity index (χ1n) is 4.90. The molecular weight excluding hydrogens is 270 g/mol. The molecular formula is C11H11Cl3O2. The van der Waals surface area contributed by atoms with Crippen molar-refractivity contribution < 1.29 is 9.47 Å². The molecule has 1 fully saturated rings. The minimum Gasteiger partial charge on any atom is -0.342 e. The van der Waals surface area contributed by atoms with Crippen molar-refractivity contribution >= 4 is 34.8 Å². The molecule has 2 atom stereocenters. The molecule has 0 radical (unpaired) electrons. The molecule has 1 aromatic carbocycles. The van der Waals surface area contributed by atoms with Crippen molar-refractivity contribution in [2.75, 3.05) is 18.4 Å². The summed E-state index contributed by atoms with van der Waals surface area (Å²) in [5.41, 5.74) is 0.861. The molecule has 0 aromatic heterocycles. The van der Waals surface area contributed by atoms with Crippen LogP contribution < -0.4 is 0 Å². The second-order valence-electron chi connectivity index (χ2n) is 3.60. The fraction of sp³-hybridized carbons (Fsp3) is 0.455. The van der Waals surface area contributed by atoms with E-state index in [1.165, 1.54) is 0 Å². The van der Waals surface area contributed by atoms with E-state index in [4.69, 9.17) is 44.3 Å². The summed E-state index contributed by atoms with van der Waals surface area (Å²) >= 11 is 17.5. The molecule has 0 amide bonds. The van der Waals surface area contributed by atoms with E-state index in [2.05, 4.69) is 0 Å². The topological polar surface area (TPSA) is 18.5 Å². The van der Waals surface area contributed by atoms with E-state index in [1.807, 2.05) is 12.1 Å². The Kier molecular flexibility index (Phi) is 3.98. The van der Waals surface area contributed by atoms with Gasteiger partial charge in [-0.3, -0.25) is 0 Å². The number of ether oxygens (including phenoxy) is 2. The van der Waals surface area contributed by atoms with E-state index < -0.39 is 5.79 Å². The third-order valence-electron chi connectivity index (χ3n) is 2.49. The van der Waals surface area contributed by atoms with Gasteiger partial charge in [0.1, 0.15) is 0 Å². The summed E-state index contributed by atoms with van der Waals surface area (Å²) in [7, 11) is 0. The SMILES string of the molecule is ClC[C@@H]1CO[C@@](CCl)(c2ccc(Cl)cc2)O1. The Morgan fingerprint density at radius 2 is 1.94 bits per heavy atom. The number of hydrogen-bond acceptors (Lipinski definition) is 2. The molecule has 0 saturated carbocycles. The molecule has 1 aromatic rings. The van der Waals surface area contributed by atoms with Crippen molar-refractivity contribution in [1.82, 2.24) is 0 Å². The second-order valence-corrected chi connectivity index (χ2v) is 4.61. The summed E-state index contributed by atoms with van der Waals surface area (Å²) in [5.74, 6) is -0.264. The maximum absolute atomic E-state index is 5.94. The Morgan fingerprint density at radius 1 is 1.25 bits per heavy atom. The summed E-state index contributed by atoms with van der Waals surface area (Å²) in [6.07, 6.45) is -0.115. The Bertz CT molecular complexity index is 355. The standard InChI is InChI=1S/C11H11Cl3O2/c12-5-10-6-15-11(7-13,16-10)8-1-3-9(14)4-2-8/h1-4,10H,5-7H2/t10-,11-/m1/s1. The van der Waals surface area contributed by atoms with E-state index in [0.29, 0.717) is 17.5 Å². The van der Waals surface area contributed by atoms with Gasteiger partial charge in [-0.15, -0.1) is 23.2 Å². The van der Waals surface area contributed by atoms with Gasteiger partial charge in [-0.25, -0.2) is 0 Å². The van der Waals surface area contributed by atoms with Crippen molar-refractivity contribution in [1.29, 1.82) is 0 Å². The van der Waals surface area contributed by atoms with Gasteiger partial charge >= 0.3 is 0 Å². The molecule has 88 valence electrons. The van der Waals surface area contributed by atoms with Gasteiger partial charge < -0.3 is 9.47 Å². The molecule has 5 heteroatoms. The van der Waals surface area contributed by atoms with Crippen LogP contribution in [0, 0.1) is 0 Å². The van der Waals surface area contributed by atoms with Gasteiger partial charge in [0.05, 0.1) is 24.5 Å². The fourth-order valence-electron chi connectivity index (χ4n) is 1.64. The Hall–Kier alpha value is 0.01000. The number of benzene rings is 1. The van der Waals surface area contributed by atoms with Crippen LogP contribution in [0.4, 0.5) is 0 Å². The van der Waals surface area contributed by atoms with E-state index >= 15 is 0 Å². The predicted octanol–water partition coefficient (Wildman–Crippen LogP) is 3.39. The quantitative estimate of drug-likeness (QED) is 0.791. The first-order valence-corrected chi connectivity index (χ1v) is 6.34. The monoisotopic (exact) mass is 280 g/mol. The molecule has 2 nitrogen and oxygen atoms in total. The molecule has 0 aliphatic carbocycles. The van der Waals surface area contributed by atoms with Gasteiger partial charge in [0.2, 0.25) is 5.79 Å². The van der Waals surface area contributed by atoms with Crippen LogP contribution >= 0.6 is 34.8 Å². The lowest BCUT2D eigenvalue weighted by molar-refractivity contribution is -0.156. The molecule has 1 saturated heterocycles. The van der Waals surface area contributed by atoms with Crippen LogP contribution in [-0.4, -0.2) is 24.5 Å². The largest absolute Gasteiger partial charge is 0.342 e. The number of alkyl halides is 2. The summed E-state index contributed by atoms with van der Waals surface area (Å²) in [4.78, 5) is 0. The van der Waals surface area contributed by atoms with Crippen LogP contribution in [0.2, 0.25) is 5.02 Å². The van der Waals surface area contributed by atoms with Gasteiger partial charge in [-0.1, -0.05) is 23.7 Å². The maximum Gasteiger partial charge on any atom is 0.209 e. The summed E-state index contributed by atoms with van der Waals surface area (Å²) < 4.78 is 11.4. The smallest absolute Gasteiger partial charge is 0.209 e. The fourth-order valence-corrected chi connectivity index (χ4v) is 2.22. The molecule has 1 aliphatic rings. The minimum atomic E-state index is -0.883. The van der Waals surface area contributed by atoms with Crippen LogP contribution in [0.3, 0.4) is 0 Å².